The first-order valence-electron chi connectivity index (χ1n) is 9.88. The summed E-state index contributed by atoms with van der Waals surface area (Å²) < 4.78 is 27.5. The van der Waals surface area contributed by atoms with Crippen LogP contribution in [0.1, 0.15) is 12.8 Å². The van der Waals surface area contributed by atoms with Crippen molar-refractivity contribution in [2.75, 3.05) is 31.5 Å². The Labute approximate surface area is 166 Å². The lowest BCUT2D eigenvalue weighted by atomic mass is 10.1. The number of H-pyrrole nitrogens is 1. The van der Waals surface area contributed by atoms with E-state index in [0.29, 0.717) is 22.5 Å². The van der Waals surface area contributed by atoms with Crippen LogP contribution < -0.4 is 5.32 Å². The zero-order valence-corrected chi connectivity index (χ0v) is 15.9. The van der Waals surface area contributed by atoms with Crippen molar-refractivity contribution in [3.63, 3.8) is 0 Å². The number of imidazole rings is 1. The summed E-state index contributed by atoms with van der Waals surface area (Å²) in [6, 6.07) is 11.9. The number of hydrogen-bond donors (Lipinski definition) is 2. The molecule has 3 heterocycles. The van der Waals surface area contributed by atoms with Gasteiger partial charge < -0.3 is 15.2 Å². The Balaban J connectivity index is 1.55. The van der Waals surface area contributed by atoms with Crippen molar-refractivity contribution in [2.45, 2.75) is 12.8 Å². The Morgan fingerprint density at radius 2 is 1.76 bits per heavy atom. The van der Waals surface area contributed by atoms with E-state index in [2.05, 4.69) is 25.2 Å². The second-order valence-corrected chi connectivity index (χ2v) is 7.42. The lowest BCUT2D eigenvalue weighted by Crippen LogP contribution is -2.26. The van der Waals surface area contributed by atoms with E-state index in [1.807, 2.05) is 24.3 Å². The lowest BCUT2D eigenvalue weighted by molar-refractivity contribution is 0.352. The van der Waals surface area contributed by atoms with E-state index in [0.717, 1.165) is 48.8 Å². The number of rotatable bonds is 5. The normalized spacial score (nSPS) is 14.8. The van der Waals surface area contributed by atoms with Crippen LogP contribution in [0.4, 0.5) is 14.6 Å². The van der Waals surface area contributed by atoms with Gasteiger partial charge in [-0.15, -0.1) is 0 Å². The second-order valence-electron chi connectivity index (χ2n) is 7.42. The Kier molecular flexibility index (Phi) is 4.60. The molecule has 0 bridgehead atoms. The van der Waals surface area contributed by atoms with Crippen molar-refractivity contribution in [1.29, 1.82) is 0 Å². The average molecular weight is 393 g/mol. The van der Waals surface area contributed by atoms with Crippen LogP contribution in [0.3, 0.4) is 0 Å². The number of para-hydroxylation sites is 2. The third-order valence-corrected chi connectivity index (χ3v) is 5.42. The highest BCUT2D eigenvalue weighted by Crippen LogP contribution is 2.30. The van der Waals surface area contributed by atoms with E-state index in [9.17, 15) is 8.78 Å². The van der Waals surface area contributed by atoms with Crippen LogP contribution in [0.15, 0.2) is 42.5 Å². The number of nitrogens with zero attached hydrogens (tertiary/aromatic N) is 3. The van der Waals surface area contributed by atoms with Crippen LogP contribution in [0.5, 0.6) is 0 Å². The van der Waals surface area contributed by atoms with Crippen molar-refractivity contribution in [2.24, 2.45) is 0 Å². The predicted molar refractivity (Wildman–Crippen MR) is 111 cm³/mol. The van der Waals surface area contributed by atoms with Gasteiger partial charge in [-0.2, -0.15) is 0 Å². The summed E-state index contributed by atoms with van der Waals surface area (Å²) in [5.41, 5.74) is 2.90. The standard InChI is InChI=1S/C22H21F2N5/c23-16-12-14-11-15(22-26-18-5-1-2-6-19(18)27-22)21(28-20(14)13-17(16)24)25-7-10-29-8-3-4-9-29/h1-2,5-6,11-13H,3-4,7-10H2,(H,25,28)(H,26,27). The maximum absolute atomic E-state index is 13.8. The molecule has 7 heteroatoms. The summed E-state index contributed by atoms with van der Waals surface area (Å²) >= 11 is 0. The van der Waals surface area contributed by atoms with Crippen molar-refractivity contribution in [1.82, 2.24) is 19.9 Å². The highest BCUT2D eigenvalue weighted by Gasteiger charge is 2.16. The fourth-order valence-corrected chi connectivity index (χ4v) is 3.90. The van der Waals surface area contributed by atoms with Crippen LogP contribution >= 0.6 is 0 Å². The van der Waals surface area contributed by atoms with E-state index in [1.54, 1.807) is 6.07 Å². The summed E-state index contributed by atoms with van der Waals surface area (Å²) in [6.07, 6.45) is 2.48. The monoisotopic (exact) mass is 393 g/mol. The van der Waals surface area contributed by atoms with Gasteiger partial charge in [0, 0.05) is 24.5 Å². The molecule has 0 spiro atoms. The molecule has 2 N–H and O–H groups in total. The molecule has 5 nitrogen and oxygen atoms in total. The molecule has 0 radical (unpaired) electrons. The number of aromatic nitrogens is 3. The Morgan fingerprint density at radius 3 is 2.59 bits per heavy atom. The third-order valence-electron chi connectivity index (χ3n) is 5.42. The molecule has 0 atom stereocenters. The highest BCUT2D eigenvalue weighted by molar-refractivity contribution is 5.90. The van der Waals surface area contributed by atoms with Crippen LogP contribution in [0, 0.1) is 11.6 Å². The van der Waals surface area contributed by atoms with Gasteiger partial charge in [0.05, 0.1) is 22.1 Å². The first-order chi connectivity index (χ1) is 14.2. The maximum atomic E-state index is 13.8. The van der Waals surface area contributed by atoms with Gasteiger partial charge in [-0.1, -0.05) is 12.1 Å². The smallest absolute Gasteiger partial charge is 0.161 e. The van der Waals surface area contributed by atoms with E-state index >= 15 is 0 Å². The lowest BCUT2D eigenvalue weighted by Gasteiger charge is -2.16. The fourth-order valence-electron chi connectivity index (χ4n) is 3.90. The minimum atomic E-state index is -0.899. The molecule has 0 unspecified atom stereocenters. The number of hydrogen-bond acceptors (Lipinski definition) is 4. The van der Waals surface area contributed by atoms with Crippen LogP contribution in [-0.4, -0.2) is 46.0 Å². The number of aromatic amines is 1. The summed E-state index contributed by atoms with van der Waals surface area (Å²) in [7, 11) is 0. The van der Waals surface area contributed by atoms with Crippen LogP contribution in [0.2, 0.25) is 0 Å². The predicted octanol–water partition coefficient (Wildman–Crippen LogP) is 4.56. The molecule has 1 aliphatic rings. The molecule has 29 heavy (non-hydrogen) atoms. The highest BCUT2D eigenvalue weighted by atomic mass is 19.2. The van der Waals surface area contributed by atoms with E-state index in [1.165, 1.54) is 18.9 Å². The number of fused-ring (bicyclic) bond motifs is 2. The topological polar surface area (TPSA) is 56.8 Å². The van der Waals surface area contributed by atoms with Gasteiger partial charge in [0.15, 0.2) is 11.6 Å². The van der Waals surface area contributed by atoms with E-state index in [-0.39, 0.29) is 0 Å². The molecule has 4 aromatic rings. The molecule has 2 aromatic carbocycles. The fraction of sp³-hybridized carbons (Fsp3) is 0.273. The largest absolute Gasteiger partial charge is 0.368 e. The summed E-state index contributed by atoms with van der Waals surface area (Å²) in [4.78, 5) is 15.0. The second kappa shape index (κ2) is 7.40. The molecule has 1 fully saturated rings. The van der Waals surface area contributed by atoms with Gasteiger partial charge in [0.1, 0.15) is 11.6 Å². The van der Waals surface area contributed by atoms with Gasteiger partial charge in [-0.05, 0) is 50.2 Å². The molecule has 1 aliphatic heterocycles. The number of pyridine rings is 1. The van der Waals surface area contributed by atoms with Gasteiger partial charge in [0.2, 0.25) is 0 Å². The number of halogens is 2. The zero-order chi connectivity index (χ0) is 19.8. The SMILES string of the molecule is Fc1cc2cc(-c3nc4ccccc4[nH]3)c(NCCN3CCCC3)nc2cc1F. The third kappa shape index (κ3) is 3.53. The van der Waals surface area contributed by atoms with E-state index < -0.39 is 11.6 Å². The molecule has 0 aliphatic carbocycles. The molecular weight excluding hydrogens is 372 g/mol. The first-order valence-corrected chi connectivity index (χ1v) is 9.88. The quantitative estimate of drug-likeness (QED) is 0.522. The maximum Gasteiger partial charge on any atom is 0.161 e. The molecule has 5 rings (SSSR count). The number of likely N-dealkylation sites (tertiary alicyclic amines) is 1. The minimum Gasteiger partial charge on any atom is -0.368 e. The van der Waals surface area contributed by atoms with Crippen LogP contribution in [-0.2, 0) is 0 Å². The van der Waals surface area contributed by atoms with Gasteiger partial charge >= 0.3 is 0 Å². The number of anilines is 1. The Bertz CT molecular complexity index is 1150. The minimum absolute atomic E-state index is 0.410. The molecule has 2 aromatic heterocycles. The molecular formula is C22H21F2N5. The Morgan fingerprint density at radius 1 is 0.966 bits per heavy atom. The van der Waals surface area contributed by atoms with Crippen molar-refractivity contribution in [3.05, 3.63) is 54.1 Å². The van der Waals surface area contributed by atoms with Gasteiger partial charge in [-0.3, -0.25) is 0 Å². The van der Waals surface area contributed by atoms with Crippen molar-refractivity contribution in [3.8, 4) is 11.4 Å². The number of benzene rings is 2. The van der Waals surface area contributed by atoms with Gasteiger partial charge in [-0.25, -0.2) is 18.7 Å². The molecule has 0 amide bonds. The Hall–Kier alpha value is -3.06. The summed E-state index contributed by atoms with van der Waals surface area (Å²) in [6.45, 7) is 3.87. The average Bonchev–Trinajstić information content (AvgIpc) is 3.38. The van der Waals surface area contributed by atoms with Crippen molar-refractivity contribution < 1.29 is 8.78 Å². The summed E-state index contributed by atoms with van der Waals surface area (Å²) in [5.74, 6) is -0.523. The molecule has 0 saturated carbocycles. The van der Waals surface area contributed by atoms with Gasteiger partial charge in [0.25, 0.3) is 0 Å². The van der Waals surface area contributed by atoms with Crippen molar-refractivity contribution >= 4 is 27.8 Å². The first kappa shape index (κ1) is 18.0. The zero-order valence-electron chi connectivity index (χ0n) is 15.9. The summed E-state index contributed by atoms with van der Waals surface area (Å²) in [5, 5.41) is 3.91. The molecule has 1 saturated heterocycles. The van der Waals surface area contributed by atoms with E-state index in [4.69, 9.17) is 0 Å². The molecule has 148 valence electrons. The number of nitrogens with one attached hydrogen (secondary N) is 2. The van der Waals surface area contributed by atoms with Crippen LogP contribution in [0.25, 0.3) is 33.3 Å².